The quantitative estimate of drug-likeness (QED) is 0.0895. The van der Waals surface area contributed by atoms with E-state index in [4.69, 9.17) is 19.2 Å². The summed E-state index contributed by atoms with van der Waals surface area (Å²) < 4.78 is 49.2. The first kappa shape index (κ1) is 42.4. The molecule has 0 radical (unpaired) electrons. The van der Waals surface area contributed by atoms with Gasteiger partial charge in [0.15, 0.2) is 11.4 Å². The Balaban J connectivity index is 0.843. The number of nitro groups is 1. The number of aryl methyl sites for hydroxylation is 1. The number of aliphatic hydroxyl groups excluding tert-OH is 1. The molecule has 350 valence electrons. The van der Waals surface area contributed by atoms with E-state index in [0.29, 0.717) is 61.0 Å². The zero-order valence-electron chi connectivity index (χ0n) is 37.2. The van der Waals surface area contributed by atoms with Crippen molar-refractivity contribution >= 4 is 55.4 Å². The van der Waals surface area contributed by atoms with E-state index in [0.717, 1.165) is 62.5 Å². The Morgan fingerprint density at radius 3 is 2.61 bits per heavy atom. The molecule has 4 atom stereocenters. The predicted molar refractivity (Wildman–Crippen MR) is 250 cm³/mol. The summed E-state index contributed by atoms with van der Waals surface area (Å²) in [7, 11) is -4.69. The van der Waals surface area contributed by atoms with Crippen LogP contribution in [0.3, 0.4) is 0 Å². The van der Waals surface area contributed by atoms with Crippen molar-refractivity contribution in [1.82, 2.24) is 19.6 Å². The number of nitro benzene ring substituents is 1. The van der Waals surface area contributed by atoms with Crippen molar-refractivity contribution in [3.05, 3.63) is 99.7 Å². The summed E-state index contributed by atoms with van der Waals surface area (Å²) in [5, 5.41) is 26.6. The van der Waals surface area contributed by atoms with Gasteiger partial charge in [-0.3, -0.25) is 19.8 Å². The van der Waals surface area contributed by atoms with E-state index in [-0.39, 0.29) is 53.1 Å². The molecule has 7 heterocycles. The van der Waals surface area contributed by atoms with E-state index in [2.05, 4.69) is 56.0 Å². The number of ether oxygens (including phenoxy) is 3. The molecular weight excluding hydrogens is 877 g/mol. The van der Waals surface area contributed by atoms with Gasteiger partial charge in [0.25, 0.3) is 21.6 Å². The largest absolute Gasteiger partial charge is 0.489 e. The second-order valence-electron chi connectivity index (χ2n) is 19.9. The van der Waals surface area contributed by atoms with Gasteiger partial charge in [-0.05, 0) is 112 Å². The number of aromatic nitrogens is 2. The molecule has 12 rings (SSSR count). The molecule has 0 bridgehead atoms. The number of pyridine rings is 1. The number of nitrogens with zero attached hydrogens (tertiary/aromatic N) is 5. The maximum absolute atomic E-state index is 14.6. The number of aromatic amines is 1. The van der Waals surface area contributed by atoms with Gasteiger partial charge in [-0.15, -0.1) is 0 Å². The third-order valence-electron chi connectivity index (χ3n) is 15.7. The number of carbonyl (C=O) groups excluding carboxylic acids is 1. The highest BCUT2D eigenvalue weighted by molar-refractivity contribution is 7.90. The number of H-pyrrole nitrogens is 1. The molecular formula is C49H54N8O9S. The van der Waals surface area contributed by atoms with Gasteiger partial charge in [-0.1, -0.05) is 24.3 Å². The highest BCUT2D eigenvalue weighted by Gasteiger charge is 2.55. The van der Waals surface area contributed by atoms with Crippen LogP contribution in [0.5, 0.6) is 11.6 Å². The molecule has 5 fully saturated rings. The lowest BCUT2D eigenvalue weighted by molar-refractivity contribution is -0.384. The summed E-state index contributed by atoms with van der Waals surface area (Å²) in [5.41, 5.74) is 5.30. The van der Waals surface area contributed by atoms with Gasteiger partial charge < -0.3 is 39.4 Å². The third kappa shape index (κ3) is 7.34. The van der Waals surface area contributed by atoms with Crippen molar-refractivity contribution in [2.75, 3.05) is 54.6 Å². The van der Waals surface area contributed by atoms with Crippen LogP contribution in [0.2, 0.25) is 0 Å². The molecule has 7 aliphatic rings. The minimum absolute atomic E-state index is 0.0107. The lowest BCUT2D eigenvalue weighted by Gasteiger charge is -2.62. The second-order valence-corrected chi connectivity index (χ2v) is 21.6. The number of sulfonamides is 1. The summed E-state index contributed by atoms with van der Waals surface area (Å²) in [6, 6.07) is 20.7. The number of hydrogen-bond donors (Lipinski definition) is 4. The number of likely N-dealkylation sites (tertiary alicyclic amines) is 1. The summed E-state index contributed by atoms with van der Waals surface area (Å²) in [4.78, 5) is 41.0. The van der Waals surface area contributed by atoms with Crippen LogP contribution in [0.15, 0.2) is 77.8 Å². The average Bonchev–Trinajstić information content (AvgIpc) is 4.08. The molecule has 3 saturated heterocycles. The fourth-order valence-electron chi connectivity index (χ4n) is 12.3. The molecule has 67 heavy (non-hydrogen) atoms. The van der Waals surface area contributed by atoms with Gasteiger partial charge >= 0.3 is 0 Å². The second kappa shape index (κ2) is 16.1. The van der Waals surface area contributed by atoms with Gasteiger partial charge in [0, 0.05) is 60.0 Å². The third-order valence-corrected chi connectivity index (χ3v) is 17.0. The number of fused-ring (bicyclic) bond motifs is 4. The molecule has 17 nitrogen and oxygen atoms in total. The fourth-order valence-corrected chi connectivity index (χ4v) is 13.3. The molecule has 3 aromatic carbocycles. The van der Waals surface area contributed by atoms with Gasteiger partial charge in [-0.2, -0.15) is 4.98 Å². The summed E-state index contributed by atoms with van der Waals surface area (Å²) in [6.45, 7) is 5.82. The number of hydrogen-bond acceptors (Lipinski definition) is 14. The molecule has 4 N–H and O–H groups in total. The van der Waals surface area contributed by atoms with Crippen molar-refractivity contribution < 1.29 is 37.5 Å². The van der Waals surface area contributed by atoms with Crippen LogP contribution in [0.1, 0.15) is 78.9 Å². The highest BCUT2D eigenvalue weighted by atomic mass is 32.2. The summed E-state index contributed by atoms with van der Waals surface area (Å²) in [5.74, 6) is -0.412. The first-order valence-corrected chi connectivity index (χ1v) is 25.1. The van der Waals surface area contributed by atoms with E-state index in [1.807, 2.05) is 29.2 Å². The summed E-state index contributed by atoms with van der Waals surface area (Å²) >= 11 is 0. The zero-order valence-corrected chi connectivity index (χ0v) is 38.0. The number of nitrogens with one attached hydrogen (secondary N) is 3. The standard InChI is InChI=1S/C49H54N8O9S/c1-28-5-2-3-6-35(28)38-7-4-16-55(38)32-21-49(22-32)26-54(27-49)31-10-13-36(39(18-31)56-41-17-30-14-15-50-46(30)52-48(41)66-44-25-64-24-42(44)56)47(59)53-67(62,63)34-19-40(57(60)61)45-43(20-34)65-23-37(51-45)29-8-11-33(58)12-9-29/h2-3,5-6,10,13-15,17-20,29,32-33,37-38,42,44,51,58H,4,7-9,11-12,16,21-27H2,1H3,(H,50,52)(H,53,59)/t29?,33?,37-,38-,42-,44-/m0/s1. The predicted octanol–water partition coefficient (Wildman–Crippen LogP) is 6.73. The Morgan fingerprint density at radius 1 is 0.985 bits per heavy atom. The van der Waals surface area contributed by atoms with Crippen molar-refractivity contribution in [2.24, 2.45) is 11.3 Å². The van der Waals surface area contributed by atoms with Crippen molar-refractivity contribution in [1.29, 1.82) is 0 Å². The van der Waals surface area contributed by atoms with E-state index in [9.17, 15) is 28.4 Å². The molecule has 5 aliphatic heterocycles. The number of benzene rings is 3. The number of carbonyl (C=O) groups is 1. The van der Waals surface area contributed by atoms with E-state index in [1.54, 1.807) is 12.3 Å². The Bertz CT molecular complexity index is 2910. The van der Waals surface area contributed by atoms with Gasteiger partial charge in [0.1, 0.15) is 24.0 Å². The van der Waals surface area contributed by atoms with Crippen LogP contribution in [-0.2, 0) is 14.8 Å². The maximum Gasteiger partial charge on any atom is 0.297 e. The Hall–Kier alpha value is -5.95. The molecule has 0 unspecified atom stereocenters. The molecule has 18 heteroatoms. The average molecular weight is 931 g/mol. The highest BCUT2D eigenvalue weighted by Crippen LogP contribution is 2.55. The van der Waals surface area contributed by atoms with Crippen molar-refractivity contribution in [3.63, 3.8) is 0 Å². The van der Waals surface area contributed by atoms with E-state index in [1.165, 1.54) is 30.0 Å². The molecule has 1 spiro atoms. The first-order chi connectivity index (χ1) is 32.4. The monoisotopic (exact) mass is 930 g/mol. The molecule has 1 amide bonds. The van der Waals surface area contributed by atoms with Crippen LogP contribution in [0, 0.1) is 28.4 Å². The van der Waals surface area contributed by atoms with Crippen LogP contribution in [0.4, 0.5) is 28.4 Å². The normalized spacial score (nSPS) is 26.7. The lowest BCUT2D eigenvalue weighted by atomic mass is 9.60. The zero-order chi connectivity index (χ0) is 45.8. The van der Waals surface area contributed by atoms with Crippen LogP contribution in [-0.4, -0.2) is 109 Å². The lowest BCUT2D eigenvalue weighted by Crippen LogP contribution is -2.66. The summed E-state index contributed by atoms with van der Waals surface area (Å²) in [6.07, 6.45) is 8.39. The minimum atomic E-state index is -4.69. The van der Waals surface area contributed by atoms with Gasteiger partial charge in [0.05, 0.1) is 52.5 Å². The van der Waals surface area contributed by atoms with Crippen molar-refractivity contribution in [2.45, 2.75) is 99.6 Å². The maximum atomic E-state index is 14.6. The molecule has 5 aromatic rings. The molecule has 2 saturated carbocycles. The number of amides is 1. The van der Waals surface area contributed by atoms with Crippen LogP contribution in [0.25, 0.3) is 11.0 Å². The number of rotatable bonds is 9. The van der Waals surface area contributed by atoms with Gasteiger partial charge in [0.2, 0.25) is 5.88 Å². The van der Waals surface area contributed by atoms with E-state index < -0.39 is 37.5 Å². The van der Waals surface area contributed by atoms with Crippen molar-refractivity contribution in [3.8, 4) is 11.6 Å². The fraction of sp³-hybridized carbons (Fsp3) is 0.469. The number of aliphatic hydroxyl groups is 1. The molecule has 2 aromatic heterocycles. The first-order valence-electron chi connectivity index (χ1n) is 23.6. The smallest absolute Gasteiger partial charge is 0.297 e. The SMILES string of the molecule is Cc1ccccc1[C@@H]1CCCN1C1CC2(C1)CN(c1ccc(C(=O)NS(=O)(=O)c3cc4c(c([N+](=O)[O-])c3)N[C@H](C3CCC(O)CC3)CO4)c(N3c4cc5cc[nH]c5nc4O[C@H]4COC[C@@H]43)c1)C2. The topological polar surface area (TPSA) is 205 Å². The Kier molecular flexibility index (Phi) is 10.2. The Labute approximate surface area is 388 Å². The van der Waals surface area contributed by atoms with Crippen LogP contribution >= 0.6 is 0 Å². The minimum Gasteiger partial charge on any atom is -0.489 e. The Morgan fingerprint density at radius 2 is 1.81 bits per heavy atom. The van der Waals surface area contributed by atoms with Crippen LogP contribution < -0.4 is 29.3 Å². The molecule has 2 aliphatic carbocycles. The van der Waals surface area contributed by atoms with E-state index >= 15 is 0 Å². The number of anilines is 4. The van der Waals surface area contributed by atoms with Gasteiger partial charge in [-0.25, -0.2) is 13.1 Å².